The van der Waals surface area contributed by atoms with Crippen molar-refractivity contribution in [3.8, 4) is 0 Å². The van der Waals surface area contributed by atoms with Gasteiger partial charge in [-0.25, -0.2) is 4.79 Å². The zero-order valence-corrected chi connectivity index (χ0v) is 16.2. The minimum absolute atomic E-state index is 0.0187. The smallest absolute Gasteiger partial charge is 0.417 e. The summed E-state index contributed by atoms with van der Waals surface area (Å²) in [5.41, 5.74) is -0.778. The molecule has 0 bridgehead atoms. The van der Waals surface area contributed by atoms with Crippen LogP contribution in [0.5, 0.6) is 0 Å². The van der Waals surface area contributed by atoms with E-state index in [1.165, 1.54) is 11.1 Å². The van der Waals surface area contributed by atoms with Crippen LogP contribution in [0.1, 0.15) is 17.5 Å². The number of anilines is 1. The molecule has 0 saturated carbocycles. The number of rotatable bonds is 5. The van der Waals surface area contributed by atoms with Gasteiger partial charge in [-0.3, -0.25) is 9.78 Å². The van der Waals surface area contributed by atoms with Crippen molar-refractivity contribution in [2.45, 2.75) is 24.6 Å². The van der Waals surface area contributed by atoms with Crippen LogP contribution in [-0.2, 0) is 22.2 Å². The van der Waals surface area contributed by atoms with Crippen LogP contribution < -0.4 is 10.2 Å². The first kappa shape index (κ1) is 20.7. The van der Waals surface area contributed by atoms with Crippen molar-refractivity contribution in [1.29, 1.82) is 0 Å². The number of aromatic nitrogens is 2. The summed E-state index contributed by atoms with van der Waals surface area (Å²) in [4.78, 5) is 32.8. The number of hydrogen-bond acceptors (Lipinski definition) is 4. The Morgan fingerprint density at radius 1 is 1.23 bits per heavy atom. The van der Waals surface area contributed by atoms with Gasteiger partial charge in [0.05, 0.1) is 30.4 Å². The Morgan fingerprint density at radius 2 is 2.03 bits per heavy atom. The van der Waals surface area contributed by atoms with Crippen LogP contribution in [0.2, 0.25) is 0 Å². The summed E-state index contributed by atoms with van der Waals surface area (Å²) in [6.45, 7) is 0.0106. The minimum atomic E-state index is -4.55. The fraction of sp³-hybridized carbons (Fsp3) is 0.286. The number of nitrogens with zero attached hydrogens (tertiary/aromatic N) is 2. The Morgan fingerprint density at radius 3 is 2.77 bits per heavy atom. The SMILES string of the molecule is O=C(Cc1ccc2cc[nH]c2c1)N[C@@]1(C(=O)O)CCN(c2cncc(C(F)(F)F)c2)C1. The molecule has 10 heteroatoms. The van der Waals surface area contributed by atoms with Crippen LogP contribution in [0.15, 0.2) is 48.9 Å². The molecule has 3 heterocycles. The highest BCUT2D eigenvalue weighted by Gasteiger charge is 2.46. The van der Waals surface area contributed by atoms with E-state index in [9.17, 15) is 27.9 Å². The van der Waals surface area contributed by atoms with Gasteiger partial charge in [0, 0.05) is 30.9 Å². The molecule has 4 rings (SSSR count). The van der Waals surface area contributed by atoms with Crippen LogP contribution in [0.3, 0.4) is 0 Å². The van der Waals surface area contributed by atoms with Gasteiger partial charge < -0.3 is 20.3 Å². The molecule has 1 aliphatic heterocycles. The zero-order chi connectivity index (χ0) is 22.2. The lowest BCUT2D eigenvalue weighted by atomic mass is 9.98. The number of carboxylic acid groups (broad SMARTS) is 1. The maximum Gasteiger partial charge on any atom is 0.417 e. The van der Waals surface area contributed by atoms with Gasteiger partial charge in [0.1, 0.15) is 0 Å². The Bertz CT molecular complexity index is 1140. The number of aliphatic carboxylic acids is 1. The highest BCUT2D eigenvalue weighted by molar-refractivity contribution is 5.90. The maximum atomic E-state index is 13.0. The average Bonchev–Trinajstić information content (AvgIpc) is 3.35. The summed E-state index contributed by atoms with van der Waals surface area (Å²) >= 11 is 0. The highest BCUT2D eigenvalue weighted by Crippen LogP contribution is 2.33. The van der Waals surface area contributed by atoms with E-state index >= 15 is 0 Å². The van der Waals surface area contributed by atoms with E-state index in [-0.39, 0.29) is 31.6 Å². The predicted octanol–water partition coefficient (Wildman–Crippen LogP) is 2.97. The van der Waals surface area contributed by atoms with Gasteiger partial charge in [-0.2, -0.15) is 13.2 Å². The minimum Gasteiger partial charge on any atom is -0.479 e. The second-order valence-corrected chi connectivity index (χ2v) is 7.61. The van der Waals surface area contributed by atoms with Gasteiger partial charge in [-0.05, 0) is 29.1 Å². The third-order valence-corrected chi connectivity index (χ3v) is 5.46. The van der Waals surface area contributed by atoms with Gasteiger partial charge >= 0.3 is 12.1 Å². The monoisotopic (exact) mass is 432 g/mol. The van der Waals surface area contributed by atoms with Gasteiger partial charge in [-0.1, -0.05) is 12.1 Å². The molecule has 1 amide bonds. The van der Waals surface area contributed by atoms with Crippen molar-refractivity contribution < 1.29 is 27.9 Å². The summed E-state index contributed by atoms with van der Waals surface area (Å²) in [5.74, 6) is -1.71. The summed E-state index contributed by atoms with van der Waals surface area (Å²) in [7, 11) is 0. The van der Waals surface area contributed by atoms with Crippen LogP contribution in [0.25, 0.3) is 10.9 Å². The maximum absolute atomic E-state index is 13.0. The molecule has 1 atom stereocenters. The van der Waals surface area contributed by atoms with Crippen molar-refractivity contribution in [3.05, 3.63) is 60.0 Å². The lowest BCUT2D eigenvalue weighted by Crippen LogP contribution is -2.56. The molecule has 0 aliphatic carbocycles. The molecule has 0 unspecified atom stereocenters. The van der Waals surface area contributed by atoms with Crippen molar-refractivity contribution >= 4 is 28.5 Å². The number of hydrogen-bond donors (Lipinski definition) is 3. The topological polar surface area (TPSA) is 98.3 Å². The van der Waals surface area contributed by atoms with E-state index in [2.05, 4.69) is 15.3 Å². The number of halogens is 3. The van der Waals surface area contributed by atoms with E-state index in [0.717, 1.165) is 17.0 Å². The van der Waals surface area contributed by atoms with Crippen molar-refractivity contribution in [1.82, 2.24) is 15.3 Å². The average molecular weight is 432 g/mol. The Kier molecular flexibility index (Phi) is 5.08. The summed E-state index contributed by atoms with van der Waals surface area (Å²) in [6.07, 6.45) is -0.771. The number of nitrogens with one attached hydrogen (secondary N) is 2. The lowest BCUT2D eigenvalue weighted by Gasteiger charge is -2.27. The summed E-state index contributed by atoms with van der Waals surface area (Å²) in [5, 5.41) is 13.4. The summed E-state index contributed by atoms with van der Waals surface area (Å²) < 4.78 is 38.9. The number of carboxylic acids is 1. The molecule has 1 aromatic carbocycles. The number of amides is 1. The van der Waals surface area contributed by atoms with E-state index in [1.807, 2.05) is 18.2 Å². The predicted molar refractivity (Wildman–Crippen MR) is 107 cm³/mol. The Hall–Kier alpha value is -3.56. The number of carbonyl (C=O) groups is 2. The van der Waals surface area contributed by atoms with Crippen molar-refractivity contribution in [3.63, 3.8) is 0 Å². The molecule has 1 fully saturated rings. The van der Waals surface area contributed by atoms with Crippen LogP contribution in [-0.4, -0.2) is 45.6 Å². The number of pyridine rings is 1. The number of alkyl halides is 3. The molecule has 0 spiro atoms. The zero-order valence-electron chi connectivity index (χ0n) is 16.2. The van der Waals surface area contributed by atoms with Crippen LogP contribution in [0, 0.1) is 0 Å². The fourth-order valence-electron chi connectivity index (χ4n) is 3.82. The quantitative estimate of drug-likeness (QED) is 0.576. The largest absolute Gasteiger partial charge is 0.479 e. The Balaban J connectivity index is 1.49. The second-order valence-electron chi connectivity index (χ2n) is 7.61. The van der Waals surface area contributed by atoms with Crippen LogP contribution in [0.4, 0.5) is 18.9 Å². The Labute approximate surface area is 174 Å². The number of carbonyl (C=O) groups excluding carboxylic acids is 1. The molecule has 162 valence electrons. The molecular weight excluding hydrogens is 413 g/mol. The number of H-pyrrole nitrogens is 1. The van der Waals surface area contributed by atoms with Crippen LogP contribution >= 0.6 is 0 Å². The first-order valence-electron chi connectivity index (χ1n) is 9.54. The van der Waals surface area contributed by atoms with E-state index < -0.39 is 29.2 Å². The number of fused-ring (bicyclic) bond motifs is 1. The van der Waals surface area contributed by atoms with Gasteiger partial charge in [0.2, 0.25) is 5.91 Å². The standard InChI is InChI=1S/C21H19F3N4O3/c22-21(23,24)15-9-16(11-25-10-15)28-6-4-20(12-28,19(30)31)27-18(29)8-13-1-2-14-3-5-26-17(14)7-13/h1-3,5,7,9-11,26H,4,6,8,12H2,(H,27,29)(H,30,31)/t20-/m0/s1. The molecule has 31 heavy (non-hydrogen) atoms. The molecule has 2 aromatic heterocycles. The second kappa shape index (κ2) is 7.60. The first-order chi connectivity index (χ1) is 14.7. The van der Waals surface area contributed by atoms with Gasteiger partial charge in [0.25, 0.3) is 0 Å². The lowest BCUT2D eigenvalue weighted by molar-refractivity contribution is -0.146. The van der Waals surface area contributed by atoms with Crippen molar-refractivity contribution in [2.24, 2.45) is 0 Å². The molecular formula is C21H19F3N4O3. The first-order valence-corrected chi connectivity index (χ1v) is 9.54. The third-order valence-electron chi connectivity index (χ3n) is 5.46. The van der Waals surface area contributed by atoms with E-state index in [1.54, 1.807) is 12.3 Å². The molecule has 1 aliphatic rings. The fourth-order valence-corrected chi connectivity index (χ4v) is 3.82. The molecule has 1 saturated heterocycles. The number of aromatic amines is 1. The third kappa shape index (κ3) is 4.18. The summed E-state index contributed by atoms with van der Waals surface area (Å²) in [6, 6.07) is 8.29. The molecule has 3 N–H and O–H groups in total. The normalized spacial score (nSPS) is 19.0. The molecule has 0 radical (unpaired) electrons. The van der Waals surface area contributed by atoms with Gasteiger partial charge in [0.15, 0.2) is 5.54 Å². The van der Waals surface area contributed by atoms with E-state index in [0.29, 0.717) is 11.8 Å². The van der Waals surface area contributed by atoms with E-state index in [4.69, 9.17) is 0 Å². The highest BCUT2D eigenvalue weighted by atomic mass is 19.4. The number of benzene rings is 1. The van der Waals surface area contributed by atoms with Crippen molar-refractivity contribution in [2.75, 3.05) is 18.0 Å². The molecule has 3 aromatic rings. The molecule has 7 nitrogen and oxygen atoms in total. The van der Waals surface area contributed by atoms with Gasteiger partial charge in [-0.15, -0.1) is 0 Å².